The molecule has 1 amide bonds. The molecule has 5 heteroatoms. The summed E-state index contributed by atoms with van der Waals surface area (Å²) in [5.74, 6) is 0.0627. The third-order valence-corrected chi connectivity index (χ3v) is 4.62. The van der Waals surface area contributed by atoms with Crippen LogP contribution in [0.15, 0.2) is 34.9 Å². The molecule has 1 heterocycles. The lowest BCUT2D eigenvalue weighted by molar-refractivity contribution is 0.0796. The summed E-state index contributed by atoms with van der Waals surface area (Å²) < 4.78 is 0. The Morgan fingerprint density at radius 3 is 2.70 bits per heavy atom. The molecule has 0 atom stereocenters. The van der Waals surface area contributed by atoms with Crippen molar-refractivity contribution in [2.24, 2.45) is 0 Å². The van der Waals surface area contributed by atoms with Gasteiger partial charge in [-0.1, -0.05) is 35.4 Å². The number of hydrogen-bond acceptors (Lipinski definition) is 3. The van der Waals surface area contributed by atoms with Crippen molar-refractivity contribution in [3.63, 3.8) is 0 Å². The van der Waals surface area contributed by atoms with E-state index < -0.39 is 0 Å². The number of hydrogen-bond donors (Lipinski definition) is 2. The molecule has 2 N–H and O–H groups in total. The Morgan fingerprint density at radius 1 is 1.30 bits per heavy atom. The van der Waals surface area contributed by atoms with Crippen LogP contribution in [0.2, 0.25) is 0 Å². The van der Waals surface area contributed by atoms with Gasteiger partial charge in [0.05, 0.1) is 0 Å². The molecule has 1 aromatic rings. The number of piperidine rings is 1. The van der Waals surface area contributed by atoms with Crippen molar-refractivity contribution in [1.29, 1.82) is 0 Å². The number of nitrogens with one attached hydrogen (secondary N) is 2. The summed E-state index contributed by atoms with van der Waals surface area (Å²) in [6, 6.07) is 7.69. The van der Waals surface area contributed by atoms with Gasteiger partial charge >= 0.3 is 0 Å². The molecule has 0 aliphatic carbocycles. The predicted molar refractivity (Wildman–Crippen MR) is 96.0 cm³/mol. The second-order valence-electron chi connectivity index (χ2n) is 5.98. The molecule has 0 saturated carbocycles. The molecule has 126 valence electrons. The van der Waals surface area contributed by atoms with E-state index >= 15 is 0 Å². The first-order valence-corrected chi connectivity index (χ1v) is 8.56. The minimum absolute atomic E-state index is 0.0627. The number of amides is 1. The minimum atomic E-state index is 0.0627. The molecule has 23 heavy (non-hydrogen) atoms. The van der Waals surface area contributed by atoms with Crippen LogP contribution < -0.4 is 10.6 Å². The number of aryl methyl sites for hydroxylation is 1. The number of rotatable bonds is 6. The first-order chi connectivity index (χ1) is 11.1. The molecule has 1 aromatic carbocycles. The number of likely N-dealkylation sites (N-methyl/N-ethyl adjacent to an activating group) is 1. The molecule has 0 spiro atoms. The molecule has 4 nitrogen and oxygen atoms in total. The second-order valence-corrected chi connectivity index (χ2v) is 6.43. The molecule has 0 unspecified atom stereocenters. The second kappa shape index (κ2) is 9.06. The Hall–Kier alpha value is -1.36. The van der Waals surface area contributed by atoms with Gasteiger partial charge in [0.1, 0.15) is 0 Å². The third-order valence-electron chi connectivity index (χ3n) is 4.22. The van der Waals surface area contributed by atoms with Gasteiger partial charge in [-0.05, 0) is 44.5 Å². The minimum Gasteiger partial charge on any atom is -0.340 e. The SMILES string of the molecule is Cc1ccccc1C(=O)N(C)CCNCC(Cl)=C1CCNCC1. The molecule has 0 aromatic heterocycles. The van der Waals surface area contributed by atoms with Crippen LogP contribution in [-0.4, -0.2) is 50.6 Å². The Morgan fingerprint density at radius 2 is 2.00 bits per heavy atom. The van der Waals surface area contributed by atoms with E-state index in [2.05, 4.69) is 10.6 Å². The molecule has 0 bridgehead atoms. The number of carbonyl (C=O) groups excluding carboxylic acids is 1. The fourth-order valence-corrected chi connectivity index (χ4v) is 2.97. The third kappa shape index (κ3) is 5.34. The quantitative estimate of drug-likeness (QED) is 0.785. The number of benzene rings is 1. The van der Waals surface area contributed by atoms with Crippen LogP contribution in [0, 0.1) is 6.92 Å². The van der Waals surface area contributed by atoms with E-state index in [4.69, 9.17) is 11.6 Å². The highest BCUT2D eigenvalue weighted by Crippen LogP contribution is 2.18. The normalized spacial score (nSPS) is 14.7. The van der Waals surface area contributed by atoms with E-state index in [0.717, 1.165) is 48.6 Å². The summed E-state index contributed by atoms with van der Waals surface area (Å²) in [5.41, 5.74) is 3.13. The lowest BCUT2D eigenvalue weighted by atomic mass is 10.1. The monoisotopic (exact) mass is 335 g/mol. The fraction of sp³-hybridized carbons (Fsp3) is 0.500. The van der Waals surface area contributed by atoms with Crippen LogP contribution in [0.25, 0.3) is 0 Å². The van der Waals surface area contributed by atoms with Gasteiger partial charge in [0.15, 0.2) is 0 Å². The highest BCUT2D eigenvalue weighted by atomic mass is 35.5. The maximum Gasteiger partial charge on any atom is 0.253 e. The van der Waals surface area contributed by atoms with Crippen molar-refractivity contribution in [1.82, 2.24) is 15.5 Å². The van der Waals surface area contributed by atoms with Gasteiger partial charge in [0, 0.05) is 37.3 Å². The van der Waals surface area contributed by atoms with Gasteiger partial charge in [-0.25, -0.2) is 0 Å². The average Bonchev–Trinajstić information content (AvgIpc) is 2.59. The summed E-state index contributed by atoms with van der Waals surface area (Å²) in [6.45, 7) is 6.07. The van der Waals surface area contributed by atoms with Crippen LogP contribution in [0.5, 0.6) is 0 Å². The van der Waals surface area contributed by atoms with Crippen LogP contribution >= 0.6 is 11.6 Å². The molecule has 1 saturated heterocycles. The largest absolute Gasteiger partial charge is 0.340 e. The van der Waals surface area contributed by atoms with Crippen molar-refractivity contribution in [3.8, 4) is 0 Å². The Labute approximate surface area is 143 Å². The highest BCUT2D eigenvalue weighted by Gasteiger charge is 2.13. The first-order valence-electron chi connectivity index (χ1n) is 8.18. The molecule has 1 aliphatic heterocycles. The Balaban J connectivity index is 1.75. The van der Waals surface area contributed by atoms with Crippen molar-refractivity contribution in [3.05, 3.63) is 46.0 Å². The molecule has 0 radical (unpaired) electrons. The van der Waals surface area contributed by atoms with Crippen molar-refractivity contribution >= 4 is 17.5 Å². The fourth-order valence-electron chi connectivity index (χ4n) is 2.69. The molecule has 1 fully saturated rings. The van der Waals surface area contributed by atoms with E-state index in [0.29, 0.717) is 13.1 Å². The Bertz CT molecular complexity index is 563. The molecular weight excluding hydrogens is 310 g/mol. The van der Waals surface area contributed by atoms with Crippen molar-refractivity contribution in [2.75, 3.05) is 39.8 Å². The maximum absolute atomic E-state index is 12.4. The predicted octanol–water partition coefficient (Wildman–Crippen LogP) is 2.53. The van der Waals surface area contributed by atoms with E-state index in [9.17, 15) is 4.79 Å². The van der Waals surface area contributed by atoms with E-state index in [-0.39, 0.29) is 5.91 Å². The molecule has 1 aliphatic rings. The zero-order valence-electron chi connectivity index (χ0n) is 14.0. The van der Waals surface area contributed by atoms with Gasteiger partial charge in [-0.2, -0.15) is 0 Å². The molecular formula is C18H26ClN3O. The number of nitrogens with zero attached hydrogens (tertiary/aromatic N) is 1. The Kier molecular flexibility index (Phi) is 7.09. The van der Waals surface area contributed by atoms with E-state index in [1.54, 1.807) is 4.90 Å². The zero-order chi connectivity index (χ0) is 16.7. The maximum atomic E-state index is 12.4. The summed E-state index contributed by atoms with van der Waals surface area (Å²) in [6.07, 6.45) is 2.07. The van der Waals surface area contributed by atoms with Gasteiger partial charge in [-0.3, -0.25) is 4.79 Å². The van der Waals surface area contributed by atoms with Crippen molar-refractivity contribution in [2.45, 2.75) is 19.8 Å². The van der Waals surface area contributed by atoms with E-state index in [1.807, 2.05) is 38.2 Å². The number of carbonyl (C=O) groups is 1. The summed E-state index contributed by atoms with van der Waals surface area (Å²) in [5, 5.41) is 7.59. The van der Waals surface area contributed by atoms with Crippen LogP contribution in [-0.2, 0) is 0 Å². The molecule has 2 rings (SSSR count). The van der Waals surface area contributed by atoms with Gasteiger partial charge in [0.2, 0.25) is 0 Å². The van der Waals surface area contributed by atoms with Crippen LogP contribution in [0.1, 0.15) is 28.8 Å². The highest BCUT2D eigenvalue weighted by molar-refractivity contribution is 6.30. The topological polar surface area (TPSA) is 44.4 Å². The zero-order valence-corrected chi connectivity index (χ0v) is 14.7. The summed E-state index contributed by atoms with van der Waals surface area (Å²) >= 11 is 6.36. The number of halogens is 1. The average molecular weight is 336 g/mol. The van der Waals surface area contributed by atoms with Crippen molar-refractivity contribution < 1.29 is 4.79 Å². The lowest BCUT2D eigenvalue weighted by Gasteiger charge is -2.20. The van der Waals surface area contributed by atoms with Crippen LogP contribution in [0.4, 0.5) is 0 Å². The smallest absolute Gasteiger partial charge is 0.253 e. The lowest BCUT2D eigenvalue weighted by Crippen LogP contribution is -2.34. The van der Waals surface area contributed by atoms with E-state index in [1.165, 1.54) is 5.57 Å². The van der Waals surface area contributed by atoms with Gasteiger partial charge in [0.25, 0.3) is 5.91 Å². The summed E-state index contributed by atoms with van der Waals surface area (Å²) in [7, 11) is 1.84. The van der Waals surface area contributed by atoms with Gasteiger partial charge < -0.3 is 15.5 Å². The van der Waals surface area contributed by atoms with Gasteiger partial charge in [-0.15, -0.1) is 0 Å². The first kappa shape index (κ1) is 18.0. The van der Waals surface area contributed by atoms with Crippen LogP contribution in [0.3, 0.4) is 0 Å². The summed E-state index contributed by atoms with van der Waals surface area (Å²) in [4.78, 5) is 14.1. The standard InChI is InChI=1S/C18H26ClN3O/c1-14-5-3-4-6-16(14)18(23)22(2)12-11-21-13-17(19)15-7-9-20-10-8-15/h3-6,20-21H,7-13H2,1-2H3.